The Labute approximate surface area is 143 Å². The zero-order valence-corrected chi connectivity index (χ0v) is 14.2. The number of ether oxygens (including phenoxy) is 1. The molecule has 1 aromatic heterocycles. The van der Waals surface area contributed by atoms with E-state index in [0.717, 1.165) is 16.9 Å². The smallest absolute Gasteiger partial charge is 0.210 e. The van der Waals surface area contributed by atoms with Crippen molar-refractivity contribution in [3.05, 3.63) is 59.4 Å². The van der Waals surface area contributed by atoms with Gasteiger partial charge >= 0.3 is 0 Å². The third-order valence-electron chi connectivity index (χ3n) is 3.56. The third kappa shape index (κ3) is 3.35. The first-order valence-corrected chi connectivity index (χ1v) is 8.30. The molecule has 0 aliphatic rings. The highest BCUT2D eigenvalue weighted by Crippen LogP contribution is 2.29. The Kier molecular flexibility index (Phi) is 4.71. The number of hydrogen-bond donors (Lipinski definition) is 1. The molecule has 2 aromatic carbocycles. The number of hydrogen-bond acceptors (Lipinski definition) is 5. The molecule has 0 aliphatic heterocycles. The maximum Gasteiger partial charge on any atom is 0.210 e. The van der Waals surface area contributed by atoms with Gasteiger partial charge in [-0.15, -0.1) is 10.2 Å². The van der Waals surface area contributed by atoms with Gasteiger partial charge in [-0.2, -0.15) is 0 Å². The molecule has 0 radical (unpaired) electrons. The molecular formula is C17H17FN4OS. The van der Waals surface area contributed by atoms with Gasteiger partial charge in [0.1, 0.15) is 11.6 Å². The van der Waals surface area contributed by atoms with E-state index in [9.17, 15) is 4.39 Å². The van der Waals surface area contributed by atoms with E-state index in [2.05, 4.69) is 16.3 Å². The zero-order valence-electron chi connectivity index (χ0n) is 13.4. The first-order chi connectivity index (χ1) is 11.6. The Balaban J connectivity index is 1.80. The lowest BCUT2D eigenvalue weighted by Gasteiger charge is -2.09. The van der Waals surface area contributed by atoms with Gasteiger partial charge in [0.2, 0.25) is 5.16 Å². The monoisotopic (exact) mass is 344 g/mol. The number of benzene rings is 2. The fourth-order valence-corrected chi connectivity index (χ4v) is 3.17. The van der Waals surface area contributed by atoms with Crippen LogP contribution in [0.2, 0.25) is 0 Å². The summed E-state index contributed by atoms with van der Waals surface area (Å²) >= 11 is 1.47. The summed E-state index contributed by atoms with van der Waals surface area (Å²) in [5, 5.41) is 8.81. The molecule has 5 nitrogen and oxygen atoms in total. The molecule has 24 heavy (non-hydrogen) atoms. The third-order valence-corrected chi connectivity index (χ3v) is 4.55. The van der Waals surface area contributed by atoms with E-state index in [0.29, 0.717) is 22.3 Å². The van der Waals surface area contributed by atoms with Crippen molar-refractivity contribution in [2.45, 2.75) is 17.8 Å². The van der Waals surface area contributed by atoms with Crippen molar-refractivity contribution in [2.75, 3.05) is 13.0 Å². The van der Waals surface area contributed by atoms with Crippen LogP contribution in [0.4, 0.5) is 4.39 Å². The molecule has 0 unspecified atom stereocenters. The van der Waals surface area contributed by atoms with E-state index >= 15 is 0 Å². The molecule has 0 bridgehead atoms. The number of halogens is 1. The average molecular weight is 344 g/mol. The Morgan fingerprint density at radius 1 is 1.17 bits per heavy atom. The average Bonchev–Trinajstić information content (AvgIpc) is 2.95. The normalized spacial score (nSPS) is 10.8. The van der Waals surface area contributed by atoms with Crippen LogP contribution in [-0.4, -0.2) is 22.0 Å². The van der Waals surface area contributed by atoms with Crippen molar-refractivity contribution >= 4 is 11.8 Å². The van der Waals surface area contributed by atoms with E-state index in [1.165, 1.54) is 28.6 Å². The number of nitrogens with zero attached hydrogens (tertiary/aromatic N) is 3. The van der Waals surface area contributed by atoms with Gasteiger partial charge in [-0.05, 0) is 37.3 Å². The minimum Gasteiger partial charge on any atom is -0.496 e. The number of aromatic nitrogens is 3. The van der Waals surface area contributed by atoms with E-state index < -0.39 is 0 Å². The van der Waals surface area contributed by atoms with Gasteiger partial charge in [-0.1, -0.05) is 29.5 Å². The van der Waals surface area contributed by atoms with E-state index in [-0.39, 0.29) is 5.82 Å². The lowest BCUT2D eigenvalue weighted by molar-refractivity contribution is 0.411. The molecular weight excluding hydrogens is 327 g/mol. The second kappa shape index (κ2) is 6.92. The fraction of sp³-hybridized carbons (Fsp3) is 0.176. The Bertz CT molecular complexity index is 848. The highest BCUT2D eigenvalue weighted by molar-refractivity contribution is 7.98. The first-order valence-electron chi connectivity index (χ1n) is 7.31. The number of rotatable bonds is 5. The second-order valence-corrected chi connectivity index (χ2v) is 6.23. The van der Waals surface area contributed by atoms with Crippen LogP contribution < -0.4 is 10.6 Å². The van der Waals surface area contributed by atoms with Crippen LogP contribution in [0, 0.1) is 12.7 Å². The summed E-state index contributed by atoms with van der Waals surface area (Å²) in [6.07, 6.45) is 0. The first kappa shape index (κ1) is 16.3. The molecule has 0 amide bonds. The maximum atomic E-state index is 13.0. The molecule has 0 atom stereocenters. The van der Waals surface area contributed by atoms with Crippen LogP contribution in [0.1, 0.15) is 11.1 Å². The standard InChI is InChI=1S/C17H17FN4OS/c1-11-3-8-15(23-2)13(9-11)10-24-17-21-20-16(22(17)19)12-4-6-14(18)7-5-12/h3-9H,10,19H2,1-2H3. The predicted octanol–water partition coefficient (Wildman–Crippen LogP) is 3.41. The van der Waals surface area contributed by atoms with Gasteiger partial charge in [0.25, 0.3) is 0 Å². The Morgan fingerprint density at radius 3 is 2.62 bits per heavy atom. The zero-order chi connectivity index (χ0) is 17.1. The van der Waals surface area contributed by atoms with Gasteiger partial charge in [0.15, 0.2) is 5.82 Å². The van der Waals surface area contributed by atoms with Crippen LogP contribution in [0.15, 0.2) is 47.6 Å². The quantitative estimate of drug-likeness (QED) is 0.567. The second-order valence-electron chi connectivity index (χ2n) is 5.29. The van der Waals surface area contributed by atoms with Gasteiger partial charge in [-0.3, -0.25) is 0 Å². The molecule has 3 rings (SSSR count). The Hall–Kier alpha value is -2.54. The van der Waals surface area contributed by atoms with Gasteiger partial charge in [0.05, 0.1) is 7.11 Å². The van der Waals surface area contributed by atoms with Crippen molar-refractivity contribution in [3.8, 4) is 17.1 Å². The number of methoxy groups -OCH3 is 1. The van der Waals surface area contributed by atoms with Crippen LogP contribution in [-0.2, 0) is 5.75 Å². The number of thioether (sulfide) groups is 1. The van der Waals surface area contributed by atoms with Gasteiger partial charge < -0.3 is 10.6 Å². The fourth-order valence-electron chi connectivity index (χ4n) is 2.33. The molecule has 0 saturated heterocycles. The van der Waals surface area contributed by atoms with Crippen LogP contribution in [0.5, 0.6) is 5.75 Å². The van der Waals surface area contributed by atoms with Crippen molar-refractivity contribution in [3.63, 3.8) is 0 Å². The van der Waals surface area contributed by atoms with E-state index in [4.69, 9.17) is 10.6 Å². The highest BCUT2D eigenvalue weighted by atomic mass is 32.2. The summed E-state index contributed by atoms with van der Waals surface area (Å²) in [5.74, 6) is 7.76. The van der Waals surface area contributed by atoms with Crippen LogP contribution in [0.25, 0.3) is 11.4 Å². The summed E-state index contributed by atoms with van der Waals surface area (Å²) in [7, 11) is 1.65. The lowest BCUT2D eigenvalue weighted by Crippen LogP contribution is -2.11. The lowest BCUT2D eigenvalue weighted by atomic mass is 10.1. The van der Waals surface area contributed by atoms with Gasteiger partial charge in [-0.25, -0.2) is 9.07 Å². The molecule has 3 aromatic rings. The van der Waals surface area contributed by atoms with E-state index in [1.54, 1.807) is 19.2 Å². The minimum absolute atomic E-state index is 0.303. The van der Waals surface area contributed by atoms with Crippen molar-refractivity contribution in [1.82, 2.24) is 14.9 Å². The van der Waals surface area contributed by atoms with Crippen LogP contribution >= 0.6 is 11.8 Å². The summed E-state index contributed by atoms with van der Waals surface area (Å²) in [5.41, 5.74) is 2.94. The number of aryl methyl sites for hydroxylation is 1. The predicted molar refractivity (Wildman–Crippen MR) is 92.9 cm³/mol. The number of nitrogens with two attached hydrogens (primary N) is 1. The minimum atomic E-state index is -0.303. The van der Waals surface area contributed by atoms with Crippen molar-refractivity contribution < 1.29 is 9.13 Å². The molecule has 0 saturated carbocycles. The largest absolute Gasteiger partial charge is 0.496 e. The van der Waals surface area contributed by atoms with Crippen molar-refractivity contribution in [2.24, 2.45) is 0 Å². The summed E-state index contributed by atoms with van der Waals surface area (Å²) < 4.78 is 19.8. The SMILES string of the molecule is COc1ccc(C)cc1CSc1nnc(-c2ccc(F)cc2)n1N. The molecule has 0 fully saturated rings. The molecule has 0 aliphatic carbocycles. The molecule has 124 valence electrons. The number of nitrogen functional groups attached to an aromatic ring is 1. The topological polar surface area (TPSA) is 66.0 Å². The molecule has 7 heteroatoms. The van der Waals surface area contributed by atoms with Crippen LogP contribution in [0.3, 0.4) is 0 Å². The van der Waals surface area contributed by atoms with E-state index in [1.807, 2.05) is 19.1 Å². The summed E-state index contributed by atoms with van der Waals surface area (Å²) in [6, 6.07) is 12.0. The molecule has 2 N–H and O–H groups in total. The van der Waals surface area contributed by atoms with Crippen molar-refractivity contribution in [1.29, 1.82) is 0 Å². The molecule has 0 spiro atoms. The summed E-state index contributed by atoms with van der Waals surface area (Å²) in [6.45, 7) is 2.03. The van der Waals surface area contributed by atoms with Gasteiger partial charge in [0, 0.05) is 16.9 Å². The highest BCUT2D eigenvalue weighted by Gasteiger charge is 2.13. The maximum absolute atomic E-state index is 13.0. The molecule has 1 heterocycles. The Morgan fingerprint density at radius 2 is 1.92 bits per heavy atom. The summed E-state index contributed by atoms with van der Waals surface area (Å²) in [4.78, 5) is 0.